The molecule has 0 radical (unpaired) electrons. The Bertz CT molecular complexity index is 1020. The molecule has 0 bridgehead atoms. The minimum atomic E-state index is -0.852. The van der Waals surface area contributed by atoms with Crippen LogP contribution in [0, 0.1) is 11.6 Å². The summed E-state index contributed by atoms with van der Waals surface area (Å²) in [5.41, 5.74) is 1.37. The summed E-state index contributed by atoms with van der Waals surface area (Å²) in [7, 11) is 0. The Labute approximate surface area is 155 Å². The molecule has 7 heteroatoms. The third kappa shape index (κ3) is 2.93. The molecule has 1 aliphatic rings. The highest BCUT2D eigenvalue weighted by molar-refractivity contribution is 5.94. The lowest BCUT2D eigenvalue weighted by Gasteiger charge is -2.24. The second-order valence-corrected chi connectivity index (χ2v) is 7.71. The first-order valence-electron chi connectivity index (χ1n) is 8.74. The molecule has 140 valence electrons. The van der Waals surface area contributed by atoms with Gasteiger partial charge in [-0.15, -0.1) is 0 Å². The summed E-state index contributed by atoms with van der Waals surface area (Å²) in [4.78, 5) is 14.3. The zero-order valence-corrected chi connectivity index (χ0v) is 15.4. The van der Waals surface area contributed by atoms with Crippen molar-refractivity contribution in [1.82, 2.24) is 19.2 Å². The third-order valence-corrected chi connectivity index (χ3v) is 4.66. The van der Waals surface area contributed by atoms with Crippen LogP contribution in [0.1, 0.15) is 42.4 Å². The summed E-state index contributed by atoms with van der Waals surface area (Å²) in [5.74, 6) is -1.12. The van der Waals surface area contributed by atoms with Gasteiger partial charge in [-0.05, 0) is 45.0 Å². The van der Waals surface area contributed by atoms with Crippen LogP contribution < -0.4 is 0 Å². The van der Waals surface area contributed by atoms with Gasteiger partial charge in [-0.2, -0.15) is 5.10 Å². The predicted octanol–water partition coefficient (Wildman–Crippen LogP) is 3.86. The molecule has 3 heterocycles. The minimum Gasteiger partial charge on any atom is -0.328 e. The van der Waals surface area contributed by atoms with Crippen LogP contribution in [0.2, 0.25) is 0 Å². The summed E-state index contributed by atoms with van der Waals surface area (Å²) >= 11 is 0. The smallest absolute Gasteiger partial charge is 0.257 e. The summed E-state index contributed by atoms with van der Waals surface area (Å²) in [5, 5.41) is 4.73. The molecule has 3 aromatic rings. The molecule has 0 aliphatic carbocycles. The number of nitrogens with zero attached hydrogens (tertiary/aromatic N) is 4. The molecule has 2 aromatic heterocycles. The Kier molecular flexibility index (Phi) is 3.91. The van der Waals surface area contributed by atoms with E-state index >= 15 is 0 Å². The average molecular weight is 370 g/mol. The van der Waals surface area contributed by atoms with E-state index in [1.807, 2.05) is 33.8 Å². The average Bonchev–Trinajstić information content (AvgIpc) is 3.28. The van der Waals surface area contributed by atoms with Gasteiger partial charge < -0.3 is 9.47 Å². The zero-order valence-electron chi connectivity index (χ0n) is 15.4. The van der Waals surface area contributed by atoms with Gasteiger partial charge in [0.1, 0.15) is 17.5 Å². The van der Waals surface area contributed by atoms with Crippen molar-refractivity contribution < 1.29 is 13.6 Å². The Hall–Kier alpha value is -2.96. The van der Waals surface area contributed by atoms with E-state index in [1.165, 1.54) is 11.0 Å². The Balaban J connectivity index is 1.71. The molecule has 1 aromatic carbocycles. The van der Waals surface area contributed by atoms with Gasteiger partial charge in [0, 0.05) is 24.0 Å². The number of amides is 1. The van der Waals surface area contributed by atoms with Gasteiger partial charge in [0.05, 0.1) is 29.9 Å². The number of carbonyl (C=O) groups is 1. The summed E-state index contributed by atoms with van der Waals surface area (Å²) in [6.07, 6.45) is 3.87. The maximum absolute atomic E-state index is 14.0. The first-order chi connectivity index (χ1) is 12.8. The number of hydrogen-bond donors (Lipinski definition) is 0. The van der Waals surface area contributed by atoms with Gasteiger partial charge in [-0.1, -0.05) is 0 Å². The molecule has 4 rings (SSSR count). The normalized spacial score (nSPS) is 13.9. The van der Waals surface area contributed by atoms with Crippen LogP contribution in [0.25, 0.3) is 5.82 Å². The van der Waals surface area contributed by atoms with Gasteiger partial charge in [0.15, 0.2) is 0 Å². The summed E-state index contributed by atoms with van der Waals surface area (Å²) in [6.45, 7) is 6.83. The Morgan fingerprint density at radius 2 is 1.81 bits per heavy atom. The van der Waals surface area contributed by atoms with Gasteiger partial charge >= 0.3 is 0 Å². The first-order valence-corrected chi connectivity index (χ1v) is 8.74. The molecule has 0 unspecified atom stereocenters. The molecule has 0 saturated heterocycles. The lowest BCUT2D eigenvalue weighted by molar-refractivity contribution is 0.0743. The van der Waals surface area contributed by atoms with E-state index < -0.39 is 17.5 Å². The van der Waals surface area contributed by atoms with Crippen LogP contribution in [0.5, 0.6) is 0 Å². The van der Waals surface area contributed by atoms with Crippen LogP contribution >= 0.6 is 0 Å². The molecule has 0 N–H and O–H groups in total. The van der Waals surface area contributed by atoms with Crippen molar-refractivity contribution in [2.24, 2.45) is 0 Å². The summed E-state index contributed by atoms with van der Waals surface area (Å²) < 4.78 is 31.1. The van der Waals surface area contributed by atoms with E-state index in [4.69, 9.17) is 5.10 Å². The molecule has 0 saturated carbocycles. The number of rotatable bonds is 2. The lowest BCUT2D eigenvalue weighted by Crippen LogP contribution is -2.30. The monoisotopic (exact) mass is 370 g/mol. The number of benzene rings is 1. The zero-order chi connectivity index (χ0) is 19.3. The topological polar surface area (TPSA) is 43.1 Å². The number of hydrogen-bond acceptors (Lipinski definition) is 2. The van der Waals surface area contributed by atoms with Crippen LogP contribution in [0.4, 0.5) is 8.78 Å². The van der Waals surface area contributed by atoms with Crippen molar-refractivity contribution in [2.75, 3.05) is 0 Å². The van der Waals surface area contributed by atoms with Crippen molar-refractivity contribution in [3.63, 3.8) is 0 Å². The maximum Gasteiger partial charge on any atom is 0.257 e. The Morgan fingerprint density at radius 3 is 2.44 bits per heavy atom. The van der Waals surface area contributed by atoms with Gasteiger partial charge in [-0.25, -0.2) is 13.5 Å². The second-order valence-electron chi connectivity index (χ2n) is 7.71. The SMILES string of the molecule is CC(C)(C)n1nc2c(c1-n1cccc1)CN(C(=O)c1ccc(F)cc1F)C2. The largest absolute Gasteiger partial charge is 0.328 e. The van der Waals surface area contributed by atoms with Crippen LogP contribution in [-0.4, -0.2) is 25.2 Å². The van der Waals surface area contributed by atoms with Crippen LogP contribution in [0.3, 0.4) is 0 Å². The molecule has 5 nitrogen and oxygen atoms in total. The van der Waals surface area contributed by atoms with E-state index in [1.54, 1.807) is 0 Å². The van der Waals surface area contributed by atoms with Crippen molar-refractivity contribution in [3.05, 3.63) is 71.2 Å². The van der Waals surface area contributed by atoms with Gasteiger partial charge in [0.2, 0.25) is 0 Å². The van der Waals surface area contributed by atoms with Crippen molar-refractivity contribution in [3.8, 4) is 5.82 Å². The molecule has 0 atom stereocenters. The Morgan fingerprint density at radius 1 is 1.11 bits per heavy atom. The third-order valence-electron chi connectivity index (χ3n) is 4.66. The van der Waals surface area contributed by atoms with Gasteiger partial charge in [0.25, 0.3) is 5.91 Å². The van der Waals surface area contributed by atoms with Crippen LogP contribution in [0.15, 0.2) is 42.7 Å². The van der Waals surface area contributed by atoms with E-state index in [0.29, 0.717) is 13.1 Å². The highest BCUT2D eigenvalue weighted by Crippen LogP contribution is 2.32. The molecule has 27 heavy (non-hydrogen) atoms. The molecular formula is C20H20F2N4O. The summed E-state index contributed by atoms with van der Waals surface area (Å²) in [6, 6.07) is 6.87. The number of fused-ring (bicyclic) bond motifs is 1. The standard InChI is InChI=1S/C20H20F2N4O/c1-20(2,3)26-18(24-8-4-5-9-24)15-11-25(12-17(15)23-26)19(27)14-7-6-13(21)10-16(14)22/h4-10H,11-12H2,1-3H3. The molecule has 1 amide bonds. The molecular weight excluding hydrogens is 350 g/mol. The molecule has 1 aliphatic heterocycles. The fourth-order valence-corrected chi connectivity index (χ4v) is 3.39. The molecule has 0 spiro atoms. The quantitative estimate of drug-likeness (QED) is 0.687. The lowest BCUT2D eigenvalue weighted by atomic mass is 10.1. The highest BCUT2D eigenvalue weighted by Gasteiger charge is 2.34. The second kappa shape index (κ2) is 6.04. The molecule has 0 fully saturated rings. The fraction of sp³-hybridized carbons (Fsp3) is 0.300. The van der Waals surface area contributed by atoms with Crippen LogP contribution in [-0.2, 0) is 18.6 Å². The highest BCUT2D eigenvalue weighted by atomic mass is 19.1. The van der Waals surface area contributed by atoms with E-state index in [0.717, 1.165) is 29.2 Å². The first kappa shape index (κ1) is 17.5. The van der Waals surface area contributed by atoms with E-state index in [9.17, 15) is 13.6 Å². The van der Waals surface area contributed by atoms with E-state index in [-0.39, 0.29) is 11.1 Å². The van der Waals surface area contributed by atoms with Crippen molar-refractivity contribution >= 4 is 5.91 Å². The van der Waals surface area contributed by atoms with E-state index in [2.05, 4.69) is 20.8 Å². The number of aromatic nitrogens is 3. The number of carbonyl (C=O) groups excluding carboxylic acids is 1. The number of halogens is 2. The van der Waals surface area contributed by atoms with Gasteiger partial charge in [-0.3, -0.25) is 4.79 Å². The maximum atomic E-state index is 14.0. The minimum absolute atomic E-state index is 0.132. The fourth-order valence-electron chi connectivity index (χ4n) is 3.39. The van der Waals surface area contributed by atoms with Crippen molar-refractivity contribution in [1.29, 1.82) is 0 Å². The van der Waals surface area contributed by atoms with Crippen molar-refractivity contribution in [2.45, 2.75) is 39.4 Å². The predicted molar refractivity (Wildman–Crippen MR) is 96.5 cm³/mol.